The molecule has 2 N–H and O–H groups in total. The normalized spacial score (nSPS) is 17.0. The number of amides is 2. The van der Waals surface area contributed by atoms with Gasteiger partial charge in [0.2, 0.25) is 5.91 Å². The van der Waals surface area contributed by atoms with Gasteiger partial charge in [0.25, 0.3) is 5.91 Å². The van der Waals surface area contributed by atoms with E-state index in [-0.39, 0.29) is 29.5 Å². The van der Waals surface area contributed by atoms with Gasteiger partial charge in [-0.05, 0) is 50.3 Å². The molecule has 1 aromatic rings. The Labute approximate surface area is 144 Å². The molecule has 0 spiro atoms. The van der Waals surface area contributed by atoms with Crippen LogP contribution in [0.3, 0.4) is 0 Å². The molecule has 1 aromatic carbocycles. The molecule has 0 aliphatic carbocycles. The first-order valence-electron chi connectivity index (χ1n) is 8.69. The van der Waals surface area contributed by atoms with E-state index in [1.807, 2.05) is 19.9 Å². The predicted octanol–water partition coefficient (Wildman–Crippen LogP) is 2.71. The number of likely N-dealkylation sites (tertiary alicyclic amines) is 1. The molecule has 2 rings (SSSR count). The van der Waals surface area contributed by atoms with E-state index < -0.39 is 0 Å². The largest absolute Gasteiger partial charge is 0.507 e. The van der Waals surface area contributed by atoms with Crippen LogP contribution in [-0.4, -0.2) is 41.0 Å². The number of phenols is 1. The third-order valence-corrected chi connectivity index (χ3v) is 4.91. The van der Waals surface area contributed by atoms with Gasteiger partial charge in [0.15, 0.2) is 0 Å². The molecule has 24 heavy (non-hydrogen) atoms. The Balaban J connectivity index is 1.92. The third-order valence-electron chi connectivity index (χ3n) is 4.91. The van der Waals surface area contributed by atoms with Gasteiger partial charge in [-0.3, -0.25) is 9.59 Å². The number of carbonyl (C=O) groups is 2. The molecule has 2 amide bonds. The number of benzene rings is 1. The fraction of sp³-hybridized carbons (Fsp3) is 0.579. The van der Waals surface area contributed by atoms with E-state index in [2.05, 4.69) is 19.2 Å². The molecule has 0 saturated carbocycles. The minimum Gasteiger partial charge on any atom is -0.507 e. The van der Waals surface area contributed by atoms with Gasteiger partial charge >= 0.3 is 0 Å². The van der Waals surface area contributed by atoms with Crippen LogP contribution in [0.5, 0.6) is 5.75 Å². The lowest BCUT2D eigenvalue weighted by molar-refractivity contribution is -0.127. The van der Waals surface area contributed by atoms with Crippen molar-refractivity contribution in [1.82, 2.24) is 10.2 Å². The van der Waals surface area contributed by atoms with E-state index in [0.29, 0.717) is 37.4 Å². The minimum atomic E-state index is -0.165. The maximum Gasteiger partial charge on any atom is 0.257 e. The zero-order valence-corrected chi connectivity index (χ0v) is 15.0. The molecule has 5 nitrogen and oxygen atoms in total. The second-order valence-electron chi connectivity index (χ2n) is 7.13. The van der Waals surface area contributed by atoms with Crippen LogP contribution < -0.4 is 5.32 Å². The van der Waals surface area contributed by atoms with Crippen molar-refractivity contribution in [2.75, 3.05) is 13.1 Å². The summed E-state index contributed by atoms with van der Waals surface area (Å²) in [6.45, 7) is 9.14. The molecule has 132 valence electrons. The molecule has 1 aliphatic rings. The Bertz CT molecular complexity index is 605. The Morgan fingerprint density at radius 3 is 2.38 bits per heavy atom. The number of aromatic hydroxyl groups is 1. The first-order valence-corrected chi connectivity index (χ1v) is 8.69. The molecule has 1 fully saturated rings. The lowest BCUT2D eigenvalue weighted by Crippen LogP contribution is -2.45. The van der Waals surface area contributed by atoms with Crippen LogP contribution >= 0.6 is 0 Å². The van der Waals surface area contributed by atoms with Gasteiger partial charge < -0.3 is 15.3 Å². The fourth-order valence-electron chi connectivity index (χ4n) is 2.85. The highest BCUT2D eigenvalue weighted by Gasteiger charge is 2.29. The summed E-state index contributed by atoms with van der Waals surface area (Å²) in [5, 5.41) is 13.0. The molecule has 1 saturated heterocycles. The van der Waals surface area contributed by atoms with Crippen LogP contribution in [0.25, 0.3) is 0 Å². The molecule has 1 atom stereocenters. The van der Waals surface area contributed by atoms with E-state index in [9.17, 15) is 14.7 Å². The average molecular weight is 332 g/mol. The second-order valence-corrected chi connectivity index (χ2v) is 7.13. The number of hydrogen-bond donors (Lipinski definition) is 2. The second kappa shape index (κ2) is 7.69. The number of aryl methyl sites for hydroxylation is 1. The standard InChI is InChI=1S/C19H28N2O3/c1-12(2)14(4)20-18(23)15-7-9-21(10-8-15)19(24)16-6-5-13(3)11-17(16)22/h5-6,11-12,14-15,22H,7-10H2,1-4H3,(H,20,23)/t14-/m0/s1. The van der Waals surface area contributed by atoms with Crippen molar-refractivity contribution in [2.24, 2.45) is 11.8 Å². The summed E-state index contributed by atoms with van der Waals surface area (Å²) < 4.78 is 0. The SMILES string of the molecule is Cc1ccc(C(=O)N2CCC(C(=O)N[C@@H](C)C(C)C)CC2)c(O)c1. The van der Waals surface area contributed by atoms with Crippen molar-refractivity contribution in [3.05, 3.63) is 29.3 Å². The highest BCUT2D eigenvalue weighted by molar-refractivity contribution is 5.97. The zero-order chi connectivity index (χ0) is 17.9. The van der Waals surface area contributed by atoms with Crippen LogP contribution in [0.1, 0.15) is 49.5 Å². The van der Waals surface area contributed by atoms with Crippen molar-refractivity contribution in [1.29, 1.82) is 0 Å². The highest BCUT2D eigenvalue weighted by Crippen LogP contribution is 2.24. The maximum atomic E-state index is 12.5. The quantitative estimate of drug-likeness (QED) is 0.891. The fourth-order valence-corrected chi connectivity index (χ4v) is 2.85. The Hall–Kier alpha value is -2.04. The molecule has 1 heterocycles. The molecule has 5 heteroatoms. The Morgan fingerprint density at radius 1 is 1.21 bits per heavy atom. The van der Waals surface area contributed by atoms with E-state index in [0.717, 1.165) is 5.56 Å². The highest BCUT2D eigenvalue weighted by atomic mass is 16.3. The topological polar surface area (TPSA) is 69.6 Å². The molecule has 1 aliphatic heterocycles. The van der Waals surface area contributed by atoms with Crippen molar-refractivity contribution in [3.63, 3.8) is 0 Å². The van der Waals surface area contributed by atoms with Crippen molar-refractivity contribution < 1.29 is 14.7 Å². The first kappa shape index (κ1) is 18.3. The van der Waals surface area contributed by atoms with Gasteiger partial charge in [0, 0.05) is 25.0 Å². The molecule has 0 aromatic heterocycles. The third kappa shape index (κ3) is 4.28. The number of carbonyl (C=O) groups excluding carboxylic acids is 2. The van der Waals surface area contributed by atoms with Crippen molar-refractivity contribution >= 4 is 11.8 Å². The molecule has 0 bridgehead atoms. The zero-order valence-electron chi connectivity index (χ0n) is 15.0. The van der Waals surface area contributed by atoms with Crippen LogP contribution in [0, 0.1) is 18.8 Å². The summed E-state index contributed by atoms with van der Waals surface area (Å²) in [5.74, 6) is 0.302. The number of hydrogen-bond acceptors (Lipinski definition) is 3. The molecular formula is C19H28N2O3. The number of rotatable bonds is 4. The number of nitrogens with zero attached hydrogens (tertiary/aromatic N) is 1. The van der Waals surface area contributed by atoms with Crippen LogP contribution in [0.15, 0.2) is 18.2 Å². The monoisotopic (exact) mass is 332 g/mol. The van der Waals surface area contributed by atoms with Crippen LogP contribution in [0.2, 0.25) is 0 Å². The van der Waals surface area contributed by atoms with E-state index in [4.69, 9.17) is 0 Å². The summed E-state index contributed by atoms with van der Waals surface area (Å²) in [5.41, 5.74) is 1.25. The molecule has 0 radical (unpaired) electrons. The summed E-state index contributed by atoms with van der Waals surface area (Å²) in [6.07, 6.45) is 1.32. The lowest BCUT2D eigenvalue weighted by atomic mass is 9.94. The van der Waals surface area contributed by atoms with Gasteiger partial charge in [-0.15, -0.1) is 0 Å². The number of phenolic OH excluding ortho intramolecular Hbond substituents is 1. The smallest absolute Gasteiger partial charge is 0.257 e. The van der Waals surface area contributed by atoms with Crippen LogP contribution in [-0.2, 0) is 4.79 Å². The van der Waals surface area contributed by atoms with Gasteiger partial charge in [-0.25, -0.2) is 0 Å². The Morgan fingerprint density at radius 2 is 1.83 bits per heavy atom. The Kier molecular flexibility index (Phi) is 5.86. The average Bonchev–Trinajstić information content (AvgIpc) is 2.54. The van der Waals surface area contributed by atoms with E-state index in [1.165, 1.54) is 0 Å². The van der Waals surface area contributed by atoms with Crippen molar-refractivity contribution in [3.8, 4) is 5.75 Å². The number of nitrogens with one attached hydrogen (secondary N) is 1. The summed E-state index contributed by atoms with van der Waals surface area (Å²) >= 11 is 0. The van der Waals surface area contributed by atoms with E-state index >= 15 is 0 Å². The van der Waals surface area contributed by atoms with Gasteiger partial charge in [-0.1, -0.05) is 19.9 Å². The van der Waals surface area contributed by atoms with Gasteiger partial charge in [0.05, 0.1) is 5.56 Å². The first-order chi connectivity index (χ1) is 11.3. The van der Waals surface area contributed by atoms with Gasteiger partial charge in [-0.2, -0.15) is 0 Å². The van der Waals surface area contributed by atoms with Crippen molar-refractivity contribution in [2.45, 2.75) is 46.6 Å². The minimum absolute atomic E-state index is 0.0191. The predicted molar refractivity (Wildman–Crippen MR) is 93.9 cm³/mol. The number of piperidine rings is 1. The maximum absolute atomic E-state index is 12.5. The summed E-state index contributed by atoms with van der Waals surface area (Å²) in [4.78, 5) is 26.6. The lowest BCUT2D eigenvalue weighted by Gasteiger charge is -2.32. The molecule has 0 unspecified atom stereocenters. The van der Waals surface area contributed by atoms with E-state index in [1.54, 1.807) is 17.0 Å². The summed E-state index contributed by atoms with van der Waals surface area (Å²) in [7, 11) is 0. The van der Waals surface area contributed by atoms with Crippen LogP contribution in [0.4, 0.5) is 0 Å². The molecular weight excluding hydrogens is 304 g/mol. The van der Waals surface area contributed by atoms with Gasteiger partial charge in [0.1, 0.15) is 5.75 Å². The summed E-state index contributed by atoms with van der Waals surface area (Å²) in [6, 6.07) is 5.23.